The van der Waals surface area contributed by atoms with Crippen molar-refractivity contribution in [3.63, 3.8) is 0 Å². The number of rotatable bonds is 6. The van der Waals surface area contributed by atoms with Gasteiger partial charge in [-0.3, -0.25) is 4.90 Å². The predicted octanol–water partition coefficient (Wildman–Crippen LogP) is 1.89. The zero-order chi connectivity index (χ0) is 15.5. The van der Waals surface area contributed by atoms with Crippen LogP contribution in [0.5, 0.6) is 0 Å². The van der Waals surface area contributed by atoms with Crippen LogP contribution in [0.15, 0.2) is 10.0 Å². The minimum absolute atomic E-state index is 0.571. The normalized spacial score (nSPS) is 19.4. The summed E-state index contributed by atoms with van der Waals surface area (Å²) in [6.07, 6.45) is 2.31. The number of aromatic nitrogens is 3. The Hall–Kier alpha value is -1.31. The molecule has 120 valence electrons. The zero-order valence-electron chi connectivity index (χ0n) is 13.4. The van der Waals surface area contributed by atoms with Gasteiger partial charge in [-0.25, -0.2) is 4.98 Å². The van der Waals surface area contributed by atoms with Gasteiger partial charge in [-0.2, -0.15) is 4.98 Å². The first-order chi connectivity index (χ1) is 10.6. The van der Waals surface area contributed by atoms with Gasteiger partial charge in [0.05, 0.1) is 17.7 Å². The molecule has 1 fully saturated rings. The van der Waals surface area contributed by atoms with E-state index < -0.39 is 0 Å². The van der Waals surface area contributed by atoms with Crippen molar-refractivity contribution in [1.82, 2.24) is 24.9 Å². The van der Waals surface area contributed by atoms with Crippen molar-refractivity contribution in [3.05, 3.63) is 27.8 Å². The molecule has 0 aromatic carbocycles. The molecule has 0 amide bonds. The molecule has 3 rings (SSSR count). The van der Waals surface area contributed by atoms with Crippen LogP contribution in [-0.4, -0.2) is 57.6 Å². The number of likely N-dealkylation sites (tertiary alicyclic amines) is 1. The molecule has 0 spiro atoms. The molecule has 2 aromatic rings. The molecular formula is C15H23N5OS. The molecule has 0 saturated carbocycles. The van der Waals surface area contributed by atoms with Crippen LogP contribution in [0.2, 0.25) is 0 Å². The van der Waals surface area contributed by atoms with Crippen molar-refractivity contribution in [1.29, 1.82) is 0 Å². The first-order valence-corrected chi connectivity index (χ1v) is 8.60. The maximum absolute atomic E-state index is 5.04. The Kier molecular flexibility index (Phi) is 4.85. The molecule has 1 atom stereocenters. The number of aryl methyl sites for hydroxylation is 2. The van der Waals surface area contributed by atoms with Crippen LogP contribution in [0.25, 0.3) is 0 Å². The molecule has 6 nitrogen and oxygen atoms in total. The van der Waals surface area contributed by atoms with E-state index in [9.17, 15) is 0 Å². The Morgan fingerprint density at radius 2 is 2.32 bits per heavy atom. The summed E-state index contributed by atoms with van der Waals surface area (Å²) in [5.41, 5.74) is 3.13. The summed E-state index contributed by atoms with van der Waals surface area (Å²) in [4.78, 5) is 14.9. The molecule has 1 aliphatic rings. The number of nitrogens with zero attached hydrogens (tertiary/aromatic N) is 5. The van der Waals surface area contributed by atoms with Gasteiger partial charge in [-0.15, -0.1) is 11.3 Å². The van der Waals surface area contributed by atoms with E-state index in [1.54, 1.807) is 11.3 Å². The molecule has 1 aliphatic heterocycles. The summed E-state index contributed by atoms with van der Waals surface area (Å²) in [6.45, 7) is 8.08. The first kappa shape index (κ1) is 15.6. The second-order valence-electron chi connectivity index (χ2n) is 6.00. The summed E-state index contributed by atoms with van der Waals surface area (Å²) in [5, 5.41) is 3.98. The van der Waals surface area contributed by atoms with Crippen LogP contribution in [0.1, 0.15) is 28.7 Å². The van der Waals surface area contributed by atoms with Crippen molar-refractivity contribution in [2.75, 3.05) is 26.7 Å². The lowest BCUT2D eigenvalue weighted by Gasteiger charge is -2.23. The van der Waals surface area contributed by atoms with Crippen molar-refractivity contribution >= 4 is 11.3 Å². The highest BCUT2D eigenvalue weighted by Gasteiger charge is 2.26. The fourth-order valence-corrected chi connectivity index (χ4v) is 3.73. The highest BCUT2D eigenvalue weighted by molar-refractivity contribution is 7.09. The molecule has 0 bridgehead atoms. The summed E-state index contributed by atoms with van der Waals surface area (Å²) in [6, 6.07) is 0.571. The third kappa shape index (κ3) is 3.71. The Morgan fingerprint density at radius 3 is 3.00 bits per heavy atom. The van der Waals surface area contributed by atoms with Crippen molar-refractivity contribution < 1.29 is 4.52 Å². The summed E-state index contributed by atoms with van der Waals surface area (Å²) < 4.78 is 5.04. The Labute approximate surface area is 135 Å². The highest BCUT2D eigenvalue weighted by Crippen LogP contribution is 2.18. The molecule has 22 heavy (non-hydrogen) atoms. The van der Waals surface area contributed by atoms with Crippen LogP contribution in [0, 0.1) is 13.8 Å². The minimum Gasteiger partial charge on any atom is -0.340 e. The quantitative estimate of drug-likeness (QED) is 0.810. The number of hydrogen-bond donors (Lipinski definition) is 0. The first-order valence-electron chi connectivity index (χ1n) is 7.72. The van der Waals surface area contributed by atoms with Gasteiger partial charge in [0.2, 0.25) is 5.89 Å². The smallest absolute Gasteiger partial charge is 0.223 e. The van der Waals surface area contributed by atoms with Crippen LogP contribution < -0.4 is 0 Å². The Bertz CT molecular complexity index is 611. The summed E-state index contributed by atoms with van der Waals surface area (Å²) >= 11 is 1.77. The van der Waals surface area contributed by atoms with Crippen LogP contribution in [0.3, 0.4) is 0 Å². The van der Waals surface area contributed by atoms with E-state index >= 15 is 0 Å². The van der Waals surface area contributed by atoms with Crippen LogP contribution in [0.4, 0.5) is 0 Å². The highest BCUT2D eigenvalue weighted by atomic mass is 32.1. The van der Waals surface area contributed by atoms with Gasteiger partial charge < -0.3 is 9.42 Å². The third-order valence-corrected chi connectivity index (χ3v) is 5.33. The van der Waals surface area contributed by atoms with Crippen LogP contribution >= 0.6 is 11.3 Å². The molecule has 2 aromatic heterocycles. The van der Waals surface area contributed by atoms with Gasteiger partial charge in [0.15, 0.2) is 5.82 Å². The molecule has 0 radical (unpaired) electrons. The average molecular weight is 321 g/mol. The van der Waals surface area contributed by atoms with Crippen molar-refractivity contribution in [2.45, 2.75) is 39.3 Å². The molecule has 0 N–H and O–H groups in total. The van der Waals surface area contributed by atoms with E-state index in [4.69, 9.17) is 4.52 Å². The fourth-order valence-electron chi connectivity index (χ4n) is 2.96. The van der Waals surface area contributed by atoms with Crippen LogP contribution in [-0.2, 0) is 13.0 Å². The lowest BCUT2D eigenvalue weighted by Crippen LogP contribution is -2.34. The molecule has 7 heteroatoms. The fraction of sp³-hybridized carbons (Fsp3) is 0.667. The molecule has 3 heterocycles. The van der Waals surface area contributed by atoms with Crippen molar-refractivity contribution in [2.24, 2.45) is 0 Å². The summed E-state index contributed by atoms with van der Waals surface area (Å²) in [7, 11) is 2.15. The lowest BCUT2D eigenvalue weighted by atomic mass is 10.2. The molecule has 1 saturated heterocycles. The van der Waals surface area contributed by atoms with Gasteiger partial charge >= 0.3 is 0 Å². The molecular weight excluding hydrogens is 298 g/mol. The van der Waals surface area contributed by atoms with Gasteiger partial charge in [0, 0.05) is 30.9 Å². The minimum atomic E-state index is 0.571. The largest absolute Gasteiger partial charge is 0.340 e. The Morgan fingerprint density at radius 1 is 1.45 bits per heavy atom. The maximum atomic E-state index is 5.04. The molecule has 1 unspecified atom stereocenters. The second-order valence-corrected chi connectivity index (χ2v) is 6.94. The molecule has 0 aliphatic carbocycles. The van der Waals surface area contributed by atoms with Crippen molar-refractivity contribution in [3.8, 4) is 0 Å². The Balaban J connectivity index is 1.46. The van der Waals surface area contributed by atoms with E-state index in [1.807, 2.05) is 12.4 Å². The van der Waals surface area contributed by atoms with Gasteiger partial charge in [-0.1, -0.05) is 5.16 Å². The van der Waals surface area contributed by atoms with E-state index in [0.717, 1.165) is 38.4 Å². The number of thiazole rings is 1. The SMILES string of the molecule is Cc1nc(CN(C)C2CCN(CCc3scnc3C)C2)no1. The standard InChI is InChI=1S/C15H23N5OS/c1-11-14(22-10-16-11)5-7-20-6-4-13(8-20)19(3)9-15-17-12(2)21-18-15/h10,13H,4-9H2,1-3H3. The maximum Gasteiger partial charge on any atom is 0.223 e. The van der Waals surface area contributed by atoms with Gasteiger partial charge in [-0.05, 0) is 33.4 Å². The predicted molar refractivity (Wildman–Crippen MR) is 85.9 cm³/mol. The van der Waals surface area contributed by atoms with Gasteiger partial charge in [0.1, 0.15) is 0 Å². The number of likely N-dealkylation sites (N-methyl/N-ethyl adjacent to an activating group) is 1. The second kappa shape index (κ2) is 6.85. The monoisotopic (exact) mass is 321 g/mol. The summed E-state index contributed by atoms with van der Waals surface area (Å²) in [5.74, 6) is 1.41. The average Bonchev–Trinajstić information content (AvgIpc) is 3.19. The van der Waals surface area contributed by atoms with E-state index in [-0.39, 0.29) is 0 Å². The van der Waals surface area contributed by atoms with E-state index in [0.29, 0.717) is 11.9 Å². The lowest BCUT2D eigenvalue weighted by molar-refractivity contribution is 0.218. The number of hydrogen-bond acceptors (Lipinski definition) is 7. The van der Waals surface area contributed by atoms with E-state index in [2.05, 4.69) is 38.9 Å². The van der Waals surface area contributed by atoms with E-state index in [1.165, 1.54) is 17.0 Å². The zero-order valence-corrected chi connectivity index (χ0v) is 14.3. The van der Waals surface area contributed by atoms with Gasteiger partial charge in [0.25, 0.3) is 0 Å². The third-order valence-electron chi connectivity index (χ3n) is 4.33. The topological polar surface area (TPSA) is 58.3 Å².